The molecule has 0 spiro atoms. The Morgan fingerprint density at radius 2 is 1.64 bits per heavy atom. The summed E-state index contributed by atoms with van der Waals surface area (Å²) < 4.78 is 23.1. The lowest BCUT2D eigenvalue weighted by molar-refractivity contribution is 0.174. The molecule has 1 rings (SSSR count). The van der Waals surface area contributed by atoms with Crippen LogP contribution < -0.4 is 0 Å². The summed E-state index contributed by atoms with van der Waals surface area (Å²) in [5.74, 6) is 0. The fourth-order valence-corrected chi connectivity index (χ4v) is 4.56. The van der Waals surface area contributed by atoms with Crippen molar-refractivity contribution in [3.8, 4) is 0 Å². The van der Waals surface area contributed by atoms with Crippen LogP contribution in [0, 0.1) is 0 Å². The Bertz CT molecular complexity index is 228. The second-order valence-electron chi connectivity index (χ2n) is 3.75. The third-order valence-corrected chi connectivity index (χ3v) is 6.18. The highest BCUT2D eigenvalue weighted by atomic mass is 31.2. The monoisotopic (exact) mass is 221 g/mol. The standard InChI is InChI=1S/C9H20NO3P/c1-5-9(6-2,10(3)4)14(11)12-7-8-13-14/h5-8H2,1-4H3. The molecule has 5 heteroatoms. The van der Waals surface area contributed by atoms with Crippen LogP contribution in [0.2, 0.25) is 0 Å². The van der Waals surface area contributed by atoms with Crippen LogP contribution >= 0.6 is 7.60 Å². The van der Waals surface area contributed by atoms with Crippen LogP contribution in [-0.2, 0) is 13.6 Å². The number of hydrogen-bond donors (Lipinski definition) is 0. The summed E-state index contributed by atoms with van der Waals surface area (Å²) in [5.41, 5.74) is 0. The minimum absolute atomic E-state index is 0.451. The third kappa shape index (κ3) is 1.65. The van der Waals surface area contributed by atoms with E-state index < -0.39 is 12.9 Å². The Morgan fingerprint density at radius 3 is 1.93 bits per heavy atom. The van der Waals surface area contributed by atoms with Crippen molar-refractivity contribution in [2.45, 2.75) is 32.0 Å². The molecular weight excluding hydrogens is 201 g/mol. The molecule has 1 aliphatic rings. The molecule has 1 saturated heterocycles. The van der Waals surface area contributed by atoms with E-state index in [1.54, 1.807) is 0 Å². The zero-order chi connectivity index (χ0) is 10.8. The van der Waals surface area contributed by atoms with Gasteiger partial charge in [0, 0.05) is 0 Å². The normalized spacial score (nSPS) is 21.8. The van der Waals surface area contributed by atoms with Crippen LogP contribution in [-0.4, -0.2) is 37.5 Å². The van der Waals surface area contributed by atoms with Gasteiger partial charge in [-0.1, -0.05) is 13.8 Å². The molecule has 1 aliphatic heterocycles. The molecule has 0 amide bonds. The van der Waals surface area contributed by atoms with E-state index in [-0.39, 0.29) is 0 Å². The first-order valence-electron chi connectivity index (χ1n) is 5.09. The van der Waals surface area contributed by atoms with Gasteiger partial charge in [-0.3, -0.25) is 9.46 Å². The van der Waals surface area contributed by atoms with Gasteiger partial charge in [-0.2, -0.15) is 0 Å². The molecule has 0 aromatic heterocycles. The maximum Gasteiger partial charge on any atom is 0.350 e. The van der Waals surface area contributed by atoms with E-state index in [2.05, 4.69) is 0 Å². The molecule has 0 aromatic carbocycles. The minimum atomic E-state index is -2.94. The molecule has 1 heterocycles. The average Bonchev–Trinajstić information content (AvgIpc) is 2.55. The fourth-order valence-electron chi connectivity index (χ4n) is 2.11. The van der Waals surface area contributed by atoms with Gasteiger partial charge in [0.1, 0.15) is 5.28 Å². The van der Waals surface area contributed by atoms with Crippen LogP contribution in [0.15, 0.2) is 0 Å². The molecular formula is C9H20NO3P. The van der Waals surface area contributed by atoms with Gasteiger partial charge in [-0.25, -0.2) is 0 Å². The zero-order valence-electron chi connectivity index (χ0n) is 9.45. The van der Waals surface area contributed by atoms with Gasteiger partial charge in [-0.15, -0.1) is 0 Å². The lowest BCUT2D eigenvalue weighted by Crippen LogP contribution is -2.43. The largest absolute Gasteiger partial charge is 0.350 e. The van der Waals surface area contributed by atoms with Crippen LogP contribution in [0.1, 0.15) is 26.7 Å². The van der Waals surface area contributed by atoms with Gasteiger partial charge in [0.05, 0.1) is 13.2 Å². The lowest BCUT2D eigenvalue weighted by atomic mass is 10.1. The number of hydrogen-bond acceptors (Lipinski definition) is 4. The predicted octanol–water partition coefficient (Wildman–Crippen LogP) is 2.30. The highest BCUT2D eigenvalue weighted by molar-refractivity contribution is 7.55. The number of nitrogens with zero attached hydrogens (tertiary/aromatic N) is 1. The number of rotatable bonds is 4. The van der Waals surface area contributed by atoms with E-state index in [1.807, 2.05) is 32.8 Å². The third-order valence-electron chi connectivity index (χ3n) is 3.08. The van der Waals surface area contributed by atoms with Crippen molar-refractivity contribution in [2.24, 2.45) is 0 Å². The van der Waals surface area contributed by atoms with Crippen LogP contribution in [0.3, 0.4) is 0 Å². The minimum Gasteiger partial charge on any atom is -0.305 e. The van der Waals surface area contributed by atoms with E-state index >= 15 is 0 Å². The van der Waals surface area contributed by atoms with Crippen molar-refractivity contribution in [1.82, 2.24) is 4.90 Å². The Morgan fingerprint density at radius 1 is 1.21 bits per heavy atom. The molecule has 0 aliphatic carbocycles. The van der Waals surface area contributed by atoms with E-state index in [0.717, 1.165) is 12.8 Å². The topological polar surface area (TPSA) is 38.8 Å². The van der Waals surface area contributed by atoms with E-state index in [1.165, 1.54) is 0 Å². The van der Waals surface area contributed by atoms with Crippen LogP contribution in [0.5, 0.6) is 0 Å². The molecule has 0 aromatic rings. The first-order chi connectivity index (χ1) is 6.52. The second-order valence-corrected chi connectivity index (χ2v) is 6.09. The quantitative estimate of drug-likeness (QED) is 0.683. The molecule has 4 nitrogen and oxygen atoms in total. The van der Waals surface area contributed by atoms with E-state index in [4.69, 9.17) is 9.05 Å². The van der Waals surface area contributed by atoms with Gasteiger partial charge < -0.3 is 9.05 Å². The Kier molecular flexibility index (Phi) is 3.75. The Balaban J connectivity index is 3.02. The van der Waals surface area contributed by atoms with Gasteiger partial charge >= 0.3 is 7.60 Å². The molecule has 0 N–H and O–H groups in total. The maximum absolute atomic E-state index is 12.5. The van der Waals surface area contributed by atoms with Crippen molar-refractivity contribution < 1.29 is 13.6 Å². The highest BCUT2D eigenvalue weighted by Gasteiger charge is 2.52. The van der Waals surface area contributed by atoms with Crippen molar-refractivity contribution in [1.29, 1.82) is 0 Å². The first-order valence-corrected chi connectivity index (χ1v) is 6.63. The van der Waals surface area contributed by atoms with Gasteiger partial charge in [0.2, 0.25) is 0 Å². The molecule has 84 valence electrons. The van der Waals surface area contributed by atoms with Crippen LogP contribution in [0.25, 0.3) is 0 Å². The summed E-state index contributed by atoms with van der Waals surface area (Å²) in [5, 5.41) is -0.455. The van der Waals surface area contributed by atoms with Crippen molar-refractivity contribution in [3.05, 3.63) is 0 Å². The molecule has 1 fully saturated rings. The predicted molar refractivity (Wildman–Crippen MR) is 56.5 cm³/mol. The first kappa shape index (κ1) is 12.2. The SMILES string of the molecule is CCC(CC)(N(C)C)P1(=O)OCCO1. The zero-order valence-corrected chi connectivity index (χ0v) is 10.3. The molecule has 14 heavy (non-hydrogen) atoms. The maximum atomic E-state index is 12.5. The van der Waals surface area contributed by atoms with Gasteiger partial charge in [0.25, 0.3) is 0 Å². The molecule has 0 atom stereocenters. The van der Waals surface area contributed by atoms with E-state index in [0.29, 0.717) is 13.2 Å². The molecule has 0 bridgehead atoms. The van der Waals surface area contributed by atoms with Gasteiger partial charge in [-0.05, 0) is 26.9 Å². The Labute approximate surface area is 86.1 Å². The summed E-state index contributed by atoms with van der Waals surface area (Å²) in [6.45, 7) is 4.95. The van der Waals surface area contributed by atoms with Gasteiger partial charge in [0.15, 0.2) is 0 Å². The molecule has 0 unspecified atom stereocenters. The van der Waals surface area contributed by atoms with E-state index in [9.17, 15) is 4.57 Å². The summed E-state index contributed by atoms with van der Waals surface area (Å²) >= 11 is 0. The molecule has 0 saturated carbocycles. The summed E-state index contributed by atoms with van der Waals surface area (Å²) in [6, 6.07) is 0. The summed E-state index contributed by atoms with van der Waals surface area (Å²) in [7, 11) is 0.915. The lowest BCUT2D eigenvalue weighted by Gasteiger charge is -2.40. The fraction of sp³-hybridized carbons (Fsp3) is 1.00. The van der Waals surface area contributed by atoms with Crippen LogP contribution in [0.4, 0.5) is 0 Å². The summed E-state index contributed by atoms with van der Waals surface area (Å²) in [6.07, 6.45) is 1.54. The van der Waals surface area contributed by atoms with Crippen molar-refractivity contribution >= 4 is 7.60 Å². The Hall–Kier alpha value is 0.110. The van der Waals surface area contributed by atoms with Crippen molar-refractivity contribution in [2.75, 3.05) is 27.3 Å². The smallest absolute Gasteiger partial charge is 0.305 e. The van der Waals surface area contributed by atoms with Crippen molar-refractivity contribution in [3.63, 3.8) is 0 Å². The average molecular weight is 221 g/mol. The highest BCUT2D eigenvalue weighted by Crippen LogP contribution is 2.65. The summed E-state index contributed by atoms with van der Waals surface area (Å²) in [4.78, 5) is 1.97. The second kappa shape index (κ2) is 4.31. The molecule has 0 radical (unpaired) electrons.